The summed E-state index contributed by atoms with van der Waals surface area (Å²) in [6.07, 6.45) is 0.888. The van der Waals surface area contributed by atoms with Crippen molar-refractivity contribution >= 4 is 15.9 Å². The third-order valence-corrected chi connectivity index (χ3v) is 3.86. The van der Waals surface area contributed by atoms with Crippen molar-refractivity contribution in [2.45, 2.75) is 47.1 Å². The number of nitrogens with one attached hydrogen (secondary N) is 1. The Morgan fingerprint density at radius 3 is 2.32 bits per heavy atom. The van der Waals surface area contributed by atoms with Gasteiger partial charge < -0.3 is 5.32 Å². The molecule has 1 aromatic rings. The molecule has 0 saturated heterocycles. The molecule has 0 amide bonds. The normalized spacial score (nSPS) is 13.9. The van der Waals surface area contributed by atoms with Gasteiger partial charge in [0.1, 0.15) is 5.82 Å². The molecule has 1 aromatic carbocycles. The van der Waals surface area contributed by atoms with Gasteiger partial charge in [-0.3, -0.25) is 0 Å². The van der Waals surface area contributed by atoms with Crippen LogP contribution < -0.4 is 5.32 Å². The van der Waals surface area contributed by atoms with Crippen LogP contribution in [0.1, 0.15) is 40.2 Å². The minimum atomic E-state index is -0.172. The summed E-state index contributed by atoms with van der Waals surface area (Å²) in [5.41, 5.74) is 1.25. The third kappa shape index (κ3) is 6.05. The van der Waals surface area contributed by atoms with Crippen molar-refractivity contribution in [3.05, 3.63) is 34.1 Å². The van der Waals surface area contributed by atoms with Crippen LogP contribution in [0, 0.1) is 17.2 Å². The number of hydrogen-bond acceptors (Lipinski definition) is 1. The zero-order chi connectivity index (χ0) is 14.6. The summed E-state index contributed by atoms with van der Waals surface area (Å²) in [7, 11) is 0. The number of halogens is 2. The van der Waals surface area contributed by atoms with Crippen molar-refractivity contribution < 1.29 is 4.39 Å². The van der Waals surface area contributed by atoms with Gasteiger partial charge in [0.2, 0.25) is 0 Å². The summed E-state index contributed by atoms with van der Waals surface area (Å²) in [4.78, 5) is 0. The summed E-state index contributed by atoms with van der Waals surface area (Å²) in [5.74, 6) is 0.303. The lowest BCUT2D eigenvalue weighted by Crippen LogP contribution is -2.36. The van der Waals surface area contributed by atoms with Crippen LogP contribution >= 0.6 is 15.9 Å². The molecule has 1 N–H and O–H groups in total. The fourth-order valence-electron chi connectivity index (χ4n) is 2.08. The van der Waals surface area contributed by atoms with E-state index in [2.05, 4.69) is 55.9 Å². The zero-order valence-electron chi connectivity index (χ0n) is 12.6. The molecule has 1 atom stereocenters. The SMILES string of the molecule is CC(C)NCC(Cc1cc(F)cc(Br)c1)C(C)(C)C. The summed E-state index contributed by atoms with van der Waals surface area (Å²) >= 11 is 3.36. The number of benzene rings is 1. The quantitative estimate of drug-likeness (QED) is 0.818. The van der Waals surface area contributed by atoms with Crippen molar-refractivity contribution in [1.82, 2.24) is 5.32 Å². The van der Waals surface area contributed by atoms with Crippen molar-refractivity contribution in [3.8, 4) is 0 Å². The fourth-order valence-corrected chi connectivity index (χ4v) is 2.59. The first kappa shape index (κ1) is 16.6. The summed E-state index contributed by atoms with van der Waals surface area (Å²) in [6, 6.07) is 5.63. The average Bonchev–Trinajstić information content (AvgIpc) is 2.20. The van der Waals surface area contributed by atoms with Gasteiger partial charge in [-0.25, -0.2) is 4.39 Å². The predicted molar refractivity (Wildman–Crippen MR) is 83.9 cm³/mol. The second-order valence-electron chi connectivity index (χ2n) is 6.61. The van der Waals surface area contributed by atoms with Gasteiger partial charge in [0.05, 0.1) is 0 Å². The lowest BCUT2D eigenvalue weighted by atomic mass is 9.77. The highest BCUT2D eigenvalue weighted by Gasteiger charge is 2.25. The Morgan fingerprint density at radius 1 is 1.21 bits per heavy atom. The zero-order valence-corrected chi connectivity index (χ0v) is 14.1. The van der Waals surface area contributed by atoms with E-state index in [0.717, 1.165) is 23.0 Å². The molecule has 0 spiro atoms. The lowest BCUT2D eigenvalue weighted by molar-refractivity contribution is 0.226. The standard InChI is InChI=1S/C16H25BrFN/c1-11(2)19-10-13(16(3,4)5)6-12-7-14(17)9-15(18)8-12/h7-9,11,13,19H,6,10H2,1-5H3. The van der Waals surface area contributed by atoms with Crippen molar-refractivity contribution in [2.24, 2.45) is 11.3 Å². The van der Waals surface area contributed by atoms with Gasteiger partial charge in [0, 0.05) is 10.5 Å². The van der Waals surface area contributed by atoms with Crippen LogP contribution in [-0.2, 0) is 6.42 Å². The number of hydrogen-bond donors (Lipinski definition) is 1. The van der Waals surface area contributed by atoms with Gasteiger partial charge in [-0.05, 0) is 48.1 Å². The highest BCUT2D eigenvalue weighted by Crippen LogP contribution is 2.29. The molecule has 108 valence electrons. The largest absolute Gasteiger partial charge is 0.314 e. The molecule has 0 radical (unpaired) electrons. The van der Waals surface area contributed by atoms with E-state index in [0.29, 0.717) is 12.0 Å². The first-order chi connectivity index (χ1) is 8.68. The highest BCUT2D eigenvalue weighted by molar-refractivity contribution is 9.10. The molecule has 1 rings (SSSR count). The Kier molecular flexibility index (Phi) is 6.00. The molecule has 1 unspecified atom stereocenters. The summed E-state index contributed by atoms with van der Waals surface area (Å²) in [5, 5.41) is 3.50. The molecule has 0 fully saturated rings. The fraction of sp³-hybridized carbons (Fsp3) is 0.625. The molecular weight excluding hydrogens is 305 g/mol. The van der Waals surface area contributed by atoms with E-state index >= 15 is 0 Å². The van der Waals surface area contributed by atoms with Gasteiger partial charge in [0.25, 0.3) is 0 Å². The Bertz CT molecular complexity index is 389. The van der Waals surface area contributed by atoms with Crippen molar-refractivity contribution in [2.75, 3.05) is 6.54 Å². The highest BCUT2D eigenvalue weighted by atomic mass is 79.9. The minimum Gasteiger partial charge on any atom is -0.314 e. The first-order valence-corrected chi connectivity index (χ1v) is 7.66. The van der Waals surface area contributed by atoms with E-state index < -0.39 is 0 Å². The monoisotopic (exact) mass is 329 g/mol. The third-order valence-electron chi connectivity index (χ3n) is 3.40. The van der Waals surface area contributed by atoms with Crippen molar-refractivity contribution in [3.63, 3.8) is 0 Å². The maximum atomic E-state index is 13.4. The molecule has 0 bridgehead atoms. The van der Waals surface area contributed by atoms with Gasteiger partial charge in [-0.1, -0.05) is 50.5 Å². The van der Waals surface area contributed by atoms with E-state index in [4.69, 9.17) is 0 Å². The van der Waals surface area contributed by atoms with E-state index in [1.54, 1.807) is 6.07 Å². The second-order valence-corrected chi connectivity index (χ2v) is 7.52. The van der Waals surface area contributed by atoms with E-state index in [1.165, 1.54) is 6.07 Å². The smallest absolute Gasteiger partial charge is 0.124 e. The van der Waals surface area contributed by atoms with Crippen LogP contribution in [0.4, 0.5) is 4.39 Å². The molecule has 0 aliphatic heterocycles. The summed E-state index contributed by atoms with van der Waals surface area (Å²) < 4.78 is 14.3. The Balaban J connectivity index is 2.82. The average molecular weight is 330 g/mol. The molecule has 1 nitrogen and oxygen atoms in total. The van der Waals surface area contributed by atoms with Crippen LogP contribution in [0.25, 0.3) is 0 Å². The van der Waals surface area contributed by atoms with Crippen LogP contribution in [0.2, 0.25) is 0 Å². The maximum absolute atomic E-state index is 13.4. The molecular formula is C16H25BrFN. The molecule has 0 saturated carbocycles. The summed E-state index contributed by atoms with van der Waals surface area (Å²) in [6.45, 7) is 12.0. The topological polar surface area (TPSA) is 12.0 Å². The molecule has 3 heteroatoms. The molecule has 0 aromatic heterocycles. The van der Waals surface area contributed by atoms with Crippen LogP contribution in [-0.4, -0.2) is 12.6 Å². The van der Waals surface area contributed by atoms with Gasteiger partial charge in [-0.2, -0.15) is 0 Å². The maximum Gasteiger partial charge on any atom is 0.124 e. The van der Waals surface area contributed by atoms with Crippen LogP contribution in [0.15, 0.2) is 22.7 Å². The first-order valence-electron chi connectivity index (χ1n) is 6.87. The Labute approximate surface area is 125 Å². The molecule has 0 aliphatic rings. The molecule has 0 aliphatic carbocycles. The Hall–Kier alpha value is -0.410. The molecule has 19 heavy (non-hydrogen) atoms. The Morgan fingerprint density at radius 2 is 1.84 bits per heavy atom. The van der Waals surface area contributed by atoms with E-state index in [9.17, 15) is 4.39 Å². The van der Waals surface area contributed by atoms with E-state index in [-0.39, 0.29) is 11.2 Å². The van der Waals surface area contributed by atoms with Crippen LogP contribution in [0.5, 0.6) is 0 Å². The van der Waals surface area contributed by atoms with Crippen molar-refractivity contribution in [1.29, 1.82) is 0 Å². The molecule has 0 heterocycles. The minimum absolute atomic E-state index is 0.172. The van der Waals surface area contributed by atoms with Gasteiger partial charge >= 0.3 is 0 Å². The predicted octanol–water partition coefficient (Wildman–Crippen LogP) is 4.79. The van der Waals surface area contributed by atoms with Gasteiger partial charge in [0.15, 0.2) is 0 Å². The lowest BCUT2D eigenvalue weighted by Gasteiger charge is -2.32. The van der Waals surface area contributed by atoms with Gasteiger partial charge in [-0.15, -0.1) is 0 Å². The van der Waals surface area contributed by atoms with E-state index in [1.807, 2.05) is 6.07 Å². The second kappa shape index (κ2) is 6.85. The number of rotatable bonds is 5. The van der Waals surface area contributed by atoms with Crippen LogP contribution in [0.3, 0.4) is 0 Å².